The third-order valence-corrected chi connectivity index (χ3v) is 2.80. The standard InChI is InChI=1S/C11H9BrF5NO2/c1-2-20-7(19)4-5-3-6(12)8(11(15,16)17)9(18-5)10(13)14/h3,10H,2,4H2,1H3. The van der Waals surface area contributed by atoms with Crippen molar-refractivity contribution in [3.05, 3.63) is 27.5 Å². The third kappa shape index (κ3) is 4.12. The van der Waals surface area contributed by atoms with Crippen LogP contribution in [0, 0.1) is 0 Å². The van der Waals surface area contributed by atoms with Crippen molar-refractivity contribution in [1.29, 1.82) is 0 Å². The summed E-state index contributed by atoms with van der Waals surface area (Å²) in [5, 5.41) is 0. The number of ether oxygens (including phenoxy) is 1. The van der Waals surface area contributed by atoms with Crippen LogP contribution in [0.1, 0.15) is 30.3 Å². The van der Waals surface area contributed by atoms with Crippen molar-refractivity contribution in [1.82, 2.24) is 4.98 Å². The fourth-order valence-electron chi connectivity index (χ4n) is 1.47. The normalized spacial score (nSPS) is 11.8. The Hall–Kier alpha value is -1.25. The summed E-state index contributed by atoms with van der Waals surface area (Å²) in [7, 11) is 0. The number of hydrogen-bond donors (Lipinski definition) is 0. The van der Waals surface area contributed by atoms with E-state index in [0.717, 1.165) is 6.07 Å². The van der Waals surface area contributed by atoms with Gasteiger partial charge in [-0.2, -0.15) is 13.2 Å². The second-order valence-electron chi connectivity index (χ2n) is 3.64. The third-order valence-electron chi connectivity index (χ3n) is 2.17. The minimum atomic E-state index is -4.97. The van der Waals surface area contributed by atoms with Gasteiger partial charge in [0, 0.05) is 4.47 Å². The highest BCUT2D eigenvalue weighted by atomic mass is 79.9. The Labute approximate surface area is 119 Å². The summed E-state index contributed by atoms with van der Waals surface area (Å²) in [6.45, 7) is 1.61. The van der Waals surface area contributed by atoms with E-state index in [2.05, 4.69) is 25.7 Å². The number of halogens is 6. The largest absolute Gasteiger partial charge is 0.466 e. The lowest BCUT2D eigenvalue weighted by Gasteiger charge is -2.15. The summed E-state index contributed by atoms with van der Waals surface area (Å²) < 4.78 is 67.5. The van der Waals surface area contributed by atoms with Crippen molar-refractivity contribution in [2.75, 3.05) is 6.61 Å². The number of esters is 1. The molecule has 0 saturated heterocycles. The smallest absolute Gasteiger partial charge is 0.419 e. The van der Waals surface area contributed by atoms with Gasteiger partial charge in [0.05, 0.1) is 24.3 Å². The van der Waals surface area contributed by atoms with E-state index < -0.39 is 40.7 Å². The number of hydrogen-bond acceptors (Lipinski definition) is 3. The molecule has 0 aliphatic carbocycles. The van der Waals surface area contributed by atoms with E-state index in [0.29, 0.717) is 0 Å². The van der Waals surface area contributed by atoms with Gasteiger partial charge in [-0.15, -0.1) is 0 Å². The number of rotatable bonds is 4. The summed E-state index contributed by atoms with van der Waals surface area (Å²) in [6.07, 6.45) is -8.87. The second-order valence-corrected chi connectivity index (χ2v) is 4.49. The van der Waals surface area contributed by atoms with Crippen LogP contribution < -0.4 is 0 Å². The van der Waals surface area contributed by atoms with Crippen molar-refractivity contribution in [3.63, 3.8) is 0 Å². The lowest BCUT2D eigenvalue weighted by atomic mass is 10.1. The molecule has 1 heterocycles. The molecule has 0 saturated carbocycles. The van der Waals surface area contributed by atoms with Crippen LogP contribution in [0.25, 0.3) is 0 Å². The Morgan fingerprint density at radius 1 is 1.45 bits per heavy atom. The molecule has 0 N–H and O–H groups in total. The molecule has 9 heteroatoms. The molecule has 3 nitrogen and oxygen atoms in total. The van der Waals surface area contributed by atoms with Crippen LogP contribution >= 0.6 is 15.9 Å². The SMILES string of the molecule is CCOC(=O)Cc1cc(Br)c(C(F)(F)F)c(C(F)F)n1. The van der Waals surface area contributed by atoms with Gasteiger partial charge in [0.1, 0.15) is 5.69 Å². The monoisotopic (exact) mass is 361 g/mol. The van der Waals surface area contributed by atoms with E-state index >= 15 is 0 Å². The van der Waals surface area contributed by atoms with Crippen LogP contribution in [-0.4, -0.2) is 17.6 Å². The zero-order valence-corrected chi connectivity index (χ0v) is 11.7. The first-order chi connectivity index (χ1) is 9.16. The van der Waals surface area contributed by atoms with Gasteiger partial charge in [0.25, 0.3) is 6.43 Å². The zero-order valence-electron chi connectivity index (χ0n) is 10.1. The molecule has 0 spiro atoms. The Morgan fingerprint density at radius 2 is 2.05 bits per heavy atom. The van der Waals surface area contributed by atoms with Gasteiger partial charge in [-0.3, -0.25) is 9.78 Å². The maximum Gasteiger partial charge on any atom is 0.419 e. The second kappa shape index (κ2) is 6.47. The van der Waals surface area contributed by atoms with Crippen LogP contribution in [0.2, 0.25) is 0 Å². The molecule has 0 atom stereocenters. The van der Waals surface area contributed by atoms with E-state index in [1.165, 1.54) is 0 Å². The highest BCUT2D eigenvalue weighted by Crippen LogP contribution is 2.40. The van der Waals surface area contributed by atoms with Crippen molar-refractivity contribution < 1.29 is 31.5 Å². The van der Waals surface area contributed by atoms with Gasteiger partial charge in [-0.05, 0) is 13.0 Å². The highest BCUT2D eigenvalue weighted by Gasteiger charge is 2.39. The maximum atomic E-state index is 12.7. The van der Waals surface area contributed by atoms with Gasteiger partial charge in [-0.25, -0.2) is 8.78 Å². The Morgan fingerprint density at radius 3 is 2.50 bits per heavy atom. The number of alkyl halides is 5. The maximum absolute atomic E-state index is 12.7. The Kier molecular flexibility index (Phi) is 5.43. The number of pyridine rings is 1. The van der Waals surface area contributed by atoms with E-state index in [1.807, 2.05) is 0 Å². The van der Waals surface area contributed by atoms with E-state index in [-0.39, 0.29) is 12.3 Å². The van der Waals surface area contributed by atoms with Crippen LogP contribution in [0.5, 0.6) is 0 Å². The van der Waals surface area contributed by atoms with E-state index in [9.17, 15) is 26.7 Å². The van der Waals surface area contributed by atoms with Crippen molar-refractivity contribution >= 4 is 21.9 Å². The predicted molar refractivity (Wildman–Crippen MR) is 62.2 cm³/mol. The van der Waals surface area contributed by atoms with Gasteiger partial charge >= 0.3 is 12.1 Å². The van der Waals surface area contributed by atoms with Crippen LogP contribution in [0.15, 0.2) is 10.5 Å². The molecule has 0 aliphatic heterocycles. The Bertz CT molecular complexity index is 504. The molecule has 0 aromatic carbocycles. The average Bonchev–Trinajstić information content (AvgIpc) is 2.26. The molecule has 1 aromatic rings. The van der Waals surface area contributed by atoms with Gasteiger partial charge in [0.2, 0.25) is 0 Å². The van der Waals surface area contributed by atoms with Crippen molar-refractivity contribution in [2.45, 2.75) is 25.9 Å². The molecule has 0 amide bonds. The van der Waals surface area contributed by atoms with Gasteiger partial charge in [-0.1, -0.05) is 15.9 Å². The summed E-state index contributed by atoms with van der Waals surface area (Å²) in [4.78, 5) is 14.4. The minimum absolute atomic E-state index is 0.0718. The van der Waals surface area contributed by atoms with Gasteiger partial charge in [0.15, 0.2) is 0 Å². The molecule has 112 valence electrons. The molecule has 1 rings (SSSR count). The average molecular weight is 362 g/mol. The molecule has 0 bridgehead atoms. The fraction of sp³-hybridized carbons (Fsp3) is 0.455. The quantitative estimate of drug-likeness (QED) is 0.602. The van der Waals surface area contributed by atoms with E-state index in [4.69, 9.17) is 0 Å². The first-order valence-electron chi connectivity index (χ1n) is 5.37. The lowest BCUT2D eigenvalue weighted by Crippen LogP contribution is -2.16. The van der Waals surface area contributed by atoms with Crippen molar-refractivity contribution in [2.24, 2.45) is 0 Å². The lowest BCUT2D eigenvalue weighted by molar-refractivity contribution is -0.142. The number of nitrogens with zero attached hydrogens (tertiary/aromatic N) is 1. The van der Waals surface area contributed by atoms with Crippen LogP contribution in [0.3, 0.4) is 0 Å². The van der Waals surface area contributed by atoms with Crippen molar-refractivity contribution in [3.8, 4) is 0 Å². The fourth-order valence-corrected chi connectivity index (χ4v) is 2.16. The molecular formula is C11H9BrF5NO2. The van der Waals surface area contributed by atoms with Gasteiger partial charge < -0.3 is 4.74 Å². The molecule has 0 unspecified atom stereocenters. The first kappa shape index (κ1) is 16.8. The summed E-state index contributed by atoms with van der Waals surface area (Å²) in [6, 6.07) is 0.881. The molecule has 0 radical (unpaired) electrons. The first-order valence-corrected chi connectivity index (χ1v) is 6.16. The molecule has 20 heavy (non-hydrogen) atoms. The number of carbonyl (C=O) groups excluding carboxylic acids is 1. The number of aromatic nitrogens is 1. The molecule has 0 fully saturated rings. The predicted octanol–water partition coefficient (Wildman–Crippen LogP) is 3.91. The molecular weight excluding hydrogens is 353 g/mol. The van der Waals surface area contributed by atoms with Crippen LogP contribution in [-0.2, 0) is 22.1 Å². The summed E-state index contributed by atoms with van der Waals surface area (Å²) in [5.41, 5.74) is -3.18. The minimum Gasteiger partial charge on any atom is -0.466 e. The van der Waals surface area contributed by atoms with E-state index in [1.54, 1.807) is 6.92 Å². The molecule has 1 aromatic heterocycles. The number of carbonyl (C=O) groups is 1. The summed E-state index contributed by atoms with van der Waals surface area (Å²) in [5.74, 6) is -0.758. The zero-order chi connectivity index (χ0) is 15.5. The Balaban J connectivity index is 3.24. The summed E-state index contributed by atoms with van der Waals surface area (Å²) >= 11 is 2.59. The highest BCUT2D eigenvalue weighted by molar-refractivity contribution is 9.10. The topological polar surface area (TPSA) is 39.2 Å². The van der Waals surface area contributed by atoms with Crippen LogP contribution in [0.4, 0.5) is 22.0 Å². The molecule has 0 aliphatic rings.